The van der Waals surface area contributed by atoms with Crippen molar-refractivity contribution in [1.82, 2.24) is 15.1 Å². The van der Waals surface area contributed by atoms with Gasteiger partial charge in [-0.25, -0.2) is 9.18 Å². The number of rotatable bonds is 8. The van der Waals surface area contributed by atoms with E-state index in [1.165, 1.54) is 12.1 Å². The molecule has 1 aliphatic heterocycles. The first-order chi connectivity index (χ1) is 16.9. The highest BCUT2D eigenvalue weighted by Gasteiger charge is 2.27. The third-order valence-electron chi connectivity index (χ3n) is 5.61. The van der Waals surface area contributed by atoms with Crippen LogP contribution in [0, 0.1) is 11.7 Å². The predicted molar refractivity (Wildman–Crippen MR) is 139 cm³/mol. The summed E-state index contributed by atoms with van der Waals surface area (Å²) in [7, 11) is -1.56. The summed E-state index contributed by atoms with van der Waals surface area (Å²) < 4.78 is 44.9. The van der Waals surface area contributed by atoms with Crippen LogP contribution < -0.4 is 10.1 Å². The lowest BCUT2D eigenvalue weighted by Gasteiger charge is -2.37. The van der Waals surface area contributed by atoms with Crippen LogP contribution >= 0.6 is 0 Å². The second kappa shape index (κ2) is 14.2. The van der Waals surface area contributed by atoms with Crippen LogP contribution in [0.3, 0.4) is 0 Å². The van der Waals surface area contributed by atoms with E-state index in [2.05, 4.69) is 31.1 Å². The molecule has 2 aromatic carbocycles. The standard InChI is InChI=1S/C25H34FN3O2.CH4O3S/c1-19(2)18-31-24-10-6-20(7-11-24)16-27-25(30)29(23-12-14-28(3)15-13-23)17-21-4-8-22(26)9-5-21;1-5(2,3)4/h4-11,19,23H,12-18H2,1-3H3,(H,27,30);1H3,(H,2,3,4). The van der Waals surface area contributed by atoms with Gasteiger partial charge in [-0.1, -0.05) is 38.1 Å². The monoisotopic (exact) mass is 523 g/mol. The molecule has 0 spiro atoms. The van der Waals surface area contributed by atoms with Crippen LogP contribution in [0.2, 0.25) is 0 Å². The van der Waals surface area contributed by atoms with E-state index in [0.29, 0.717) is 31.9 Å². The number of nitrogens with zero attached hydrogens (tertiary/aromatic N) is 2. The molecule has 0 bridgehead atoms. The molecule has 3 rings (SSSR count). The minimum Gasteiger partial charge on any atom is -0.493 e. The summed E-state index contributed by atoms with van der Waals surface area (Å²) in [6.07, 6.45) is 2.59. The zero-order valence-corrected chi connectivity index (χ0v) is 22.3. The molecule has 2 N–H and O–H groups in total. The van der Waals surface area contributed by atoms with E-state index in [1.54, 1.807) is 12.1 Å². The lowest BCUT2D eigenvalue weighted by Crippen LogP contribution is -2.49. The second-order valence-corrected chi connectivity index (χ2v) is 11.0. The van der Waals surface area contributed by atoms with Gasteiger partial charge < -0.3 is 19.9 Å². The molecule has 2 amide bonds. The molecule has 1 aliphatic rings. The number of nitrogens with one attached hydrogen (secondary N) is 1. The van der Waals surface area contributed by atoms with E-state index in [0.717, 1.165) is 42.8 Å². The van der Waals surface area contributed by atoms with Crippen molar-refractivity contribution in [2.75, 3.05) is 33.0 Å². The first kappa shape index (κ1) is 29.5. The van der Waals surface area contributed by atoms with E-state index in [1.807, 2.05) is 29.2 Å². The third kappa shape index (κ3) is 11.8. The molecule has 0 saturated carbocycles. The number of likely N-dealkylation sites (tertiary alicyclic amines) is 1. The summed E-state index contributed by atoms with van der Waals surface area (Å²) >= 11 is 0. The summed E-state index contributed by atoms with van der Waals surface area (Å²) in [6, 6.07) is 14.3. The molecule has 1 heterocycles. The van der Waals surface area contributed by atoms with Gasteiger partial charge in [0.05, 0.1) is 12.9 Å². The van der Waals surface area contributed by atoms with Crippen LogP contribution in [0.5, 0.6) is 5.75 Å². The predicted octanol–water partition coefficient (Wildman–Crippen LogP) is 4.17. The molecule has 10 heteroatoms. The van der Waals surface area contributed by atoms with E-state index in [-0.39, 0.29) is 17.9 Å². The number of amides is 2. The number of carbonyl (C=O) groups is 1. The van der Waals surface area contributed by atoms with Crippen molar-refractivity contribution in [3.05, 3.63) is 65.5 Å². The molecule has 0 aliphatic carbocycles. The van der Waals surface area contributed by atoms with E-state index in [4.69, 9.17) is 9.29 Å². The Labute approximate surface area is 214 Å². The van der Waals surface area contributed by atoms with Gasteiger partial charge in [-0.05, 0) is 74.3 Å². The Bertz CT molecular complexity index is 1030. The topological polar surface area (TPSA) is 99.2 Å². The molecule has 8 nitrogen and oxygen atoms in total. The number of ether oxygens (including phenoxy) is 1. The summed E-state index contributed by atoms with van der Waals surface area (Å²) in [4.78, 5) is 17.3. The van der Waals surface area contributed by atoms with Gasteiger partial charge >= 0.3 is 6.03 Å². The van der Waals surface area contributed by atoms with Gasteiger partial charge in [0.15, 0.2) is 0 Å². The highest BCUT2D eigenvalue weighted by molar-refractivity contribution is 7.85. The van der Waals surface area contributed by atoms with Crippen LogP contribution in [-0.4, -0.2) is 67.8 Å². The van der Waals surface area contributed by atoms with Gasteiger partial charge in [-0.15, -0.1) is 0 Å². The van der Waals surface area contributed by atoms with Gasteiger partial charge in [-0.3, -0.25) is 4.55 Å². The Morgan fingerprint density at radius 3 is 2.17 bits per heavy atom. The van der Waals surface area contributed by atoms with E-state index < -0.39 is 10.1 Å². The van der Waals surface area contributed by atoms with Gasteiger partial charge in [0, 0.05) is 19.1 Å². The molecule has 0 radical (unpaired) electrons. The molecular formula is C26H38FN3O5S. The zero-order valence-electron chi connectivity index (χ0n) is 21.5. The Morgan fingerprint density at radius 1 is 1.11 bits per heavy atom. The summed E-state index contributed by atoms with van der Waals surface area (Å²) in [5.74, 6) is 1.05. The number of hydrogen-bond acceptors (Lipinski definition) is 5. The highest BCUT2D eigenvalue weighted by Crippen LogP contribution is 2.19. The molecule has 0 atom stereocenters. The van der Waals surface area contributed by atoms with Crippen LogP contribution in [0.1, 0.15) is 37.8 Å². The van der Waals surface area contributed by atoms with Crippen molar-refractivity contribution >= 4 is 16.1 Å². The van der Waals surface area contributed by atoms with Crippen molar-refractivity contribution in [2.45, 2.75) is 45.8 Å². The van der Waals surface area contributed by atoms with Crippen LogP contribution in [0.25, 0.3) is 0 Å². The largest absolute Gasteiger partial charge is 0.493 e. The Balaban J connectivity index is 0.000000830. The number of benzene rings is 2. The second-order valence-electron chi connectivity index (χ2n) is 9.53. The fourth-order valence-corrected chi connectivity index (χ4v) is 3.71. The maximum atomic E-state index is 13.3. The molecule has 2 aromatic rings. The maximum Gasteiger partial charge on any atom is 0.318 e. The van der Waals surface area contributed by atoms with Crippen LogP contribution in [0.15, 0.2) is 48.5 Å². The first-order valence-electron chi connectivity index (χ1n) is 12.0. The van der Waals surface area contributed by atoms with E-state index >= 15 is 0 Å². The van der Waals surface area contributed by atoms with Crippen molar-refractivity contribution < 1.29 is 26.9 Å². The van der Waals surface area contributed by atoms with Crippen molar-refractivity contribution in [2.24, 2.45) is 5.92 Å². The minimum absolute atomic E-state index is 0.0842. The van der Waals surface area contributed by atoms with Crippen molar-refractivity contribution in [3.63, 3.8) is 0 Å². The SMILES string of the molecule is CC(C)COc1ccc(CNC(=O)N(Cc2ccc(F)cc2)C2CCN(C)CC2)cc1.CS(=O)(=O)O. The quantitative estimate of drug-likeness (QED) is 0.504. The Morgan fingerprint density at radius 2 is 1.64 bits per heavy atom. The number of urea groups is 1. The van der Waals surface area contributed by atoms with Gasteiger partial charge in [0.2, 0.25) is 0 Å². The molecule has 200 valence electrons. The molecular weight excluding hydrogens is 485 g/mol. The minimum atomic E-state index is -3.67. The van der Waals surface area contributed by atoms with E-state index in [9.17, 15) is 17.6 Å². The fraction of sp³-hybridized carbons (Fsp3) is 0.500. The normalized spacial score (nSPS) is 14.6. The smallest absolute Gasteiger partial charge is 0.318 e. The molecule has 36 heavy (non-hydrogen) atoms. The first-order valence-corrected chi connectivity index (χ1v) is 13.9. The third-order valence-corrected chi connectivity index (χ3v) is 5.61. The highest BCUT2D eigenvalue weighted by atomic mass is 32.2. The van der Waals surface area contributed by atoms with Gasteiger partial charge in [0.1, 0.15) is 11.6 Å². The average Bonchev–Trinajstić information content (AvgIpc) is 2.81. The maximum absolute atomic E-state index is 13.3. The molecule has 1 saturated heterocycles. The average molecular weight is 524 g/mol. The lowest BCUT2D eigenvalue weighted by molar-refractivity contribution is 0.127. The van der Waals surface area contributed by atoms with Crippen molar-refractivity contribution in [1.29, 1.82) is 0 Å². The van der Waals surface area contributed by atoms with Gasteiger partial charge in [-0.2, -0.15) is 8.42 Å². The van der Waals surface area contributed by atoms with Gasteiger partial charge in [0.25, 0.3) is 10.1 Å². The number of hydrogen-bond donors (Lipinski definition) is 2. The molecule has 1 fully saturated rings. The number of piperidine rings is 1. The lowest BCUT2D eigenvalue weighted by atomic mass is 10.0. The Hall–Kier alpha value is -2.69. The Kier molecular flexibility index (Phi) is 11.6. The molecule has 0 unspecified atom stereocenters. The van der Waals surface area contributed by atoms with Crippen molar-refractivity contribution in [3.8, 4) is 5.75 Å². The van der Waals surface area contributed by atoms with Crippen LogP contribution in [-0.2, 0) is 23.2 Å². The number of halogens is 1. The fourth-order valence-electron chi connectivity index (χ4n) is 3.71. The summed E-state index contributed by atoms with van der Waals surface area (Å²) in [5.41, 5.74) is 1.96. The van der Waals surface area contributed by atoms with Crippen LogP contribution in [0.4, 0.5) is 9.18 Å². The number of carbonyl (C=O) groups excluding carboxylic acids is 1. The summed E-state index contributed by atoms with van der Waals surface area (Å²) in [5, 5.41) is 3.07. The molecule has 0 aromatic heterocycles. The summed E-state index contributed by atoms with van der Waals surface area (Å²) in [6.45, 7) is 7.78. The zero-order chi connectivity index (χ0) is 26.7.